The number of nitrogens with zero attached hydrogens (tertiary/aromatic N) is 3. The molecule has 15 heteroatoms. The van der Waals surface area contributed by atoms with Gasteiger partial charge in [-0.1, -0.05) is 6.08 Å². The second-order valence-electron chi connectivity index (χ2n) is 11.0. The number of ether oxygens (including phenoxy) is 3. The number of aromatic nitrogens is 2. The first kappa shape index (κ1) is 31.2. The third-order valence-electron chi connectivity index (χ3n) is 7.12. The van der Waals surface area contributed by atoms with E-state index in [0.29, 0.717) is 29.7 Å². The summed E-state index contributed by atoms with van der Waals surface area (Å²) in [5.41, 5.74) is 6.83. The quantitative estimate of drug-likeness (QED) is 0.0742. The molecule has 41 heavy (non-hydrogen) atoms. The maximum atomic E-state index is 14.0. The predicted octanol–water partition coefficient (Wildman–Crippen LogP) is -0.106. The third-order valence-corrected chi connectivity index (χ3v) is 9.27. The van der Waals surface area contributed by atoms with Gasteiger partial charge < -0.3 is 29.4 Å². The zero-order chi connectivity index (χ0) is 29.6. The fourth-order valence-corrected chi connectivity index (χ4v) is 6.48. The molecular formula is C26H43N8O6P. The standard InChI is InChI=1S/C26H43N8O6P/c1-5-12-28-22-21-23(31-26(4,27)30-22)34(15-29-21)13-14-38-16-41(37,32-17(2)24(35)39-19-8-6-9-19)33-18(3)25(36)40-20-10-7-11-20/h5,15,17-20,28,30H,1,6-14,16,27H2,2-4H3,(H2,32,33,37). The summed E-state index contributed by atoms with van der Waals surface area (Å²) in [6, 6.07) is -1.75. The number of hydrogen-bond donors (Lipinski definition) is 5. The van der Waals surface area contributed by atoms with Crippen molar-refractivity contribution in [3.05, 3.63) is 29.8 Å². The summed E-state index contributed by atoms with van der Waals surface area (Å²) in [4.78, 5) is 34.2. The van der Waals surface area contributed by atoms with Crippen LogP contribution in [0, 0.1) is 0 Å². The van der Waals surface area contributed by atoms with Crippen LogP contribution in [0.1, 0.15) is 59.3 Å². The van der Waals surface area contributed by atoms with Gasteiger partial charge in [0.15, 0.2) is 11.3 Å². The largest absolute Gasteiger partial charge is 0.461 e. The van der Waals surface area contributed by atoms with Gasteiger partial charge in [-0.05, 0) is 59.3 Å². The predicted molar refractivity (Wildman–Crippen MR) is 151 cm³/mol. The van der Waals surface area contributed by atoms with Crippen molar-refractivity contribution in [3.63, 3.8) is 0 Å². The van der Waals surface area contributed by atoms with Crippen LogP contribution in [-0.4, -0.2) is 71.1 Å². The zero-order valence-corrected chi connectivity index (χ0v) is 25.0. The molecule has 1 aliphatic heterocycles. The molecule has 0 bridgehead atoms. The van der Waals surface area contributed by atoms with Gasteiger partial charge in [0.2, 0.25) is 7.44 Å². The number of carbonyl (C=O) groups is 2. The molecule has 1 aromatic rings. The Morgan fingerprint density at radius 3 is 2.29 bits per heavy atom. The van der Waals surface area contributed by atoms with E-state index < -0.39 is 37.3 Å². The van der Waals surface area contributed by atoms with Gasteiger partial charge in [0.05, 0.1) is 12.9 Å². The Hall–Kier alpha value is -2.77. The van der Waals surface area contributed by atoms with Crippen molar-refractivity contribution < 1.29 is 28.4 Å². The molecule has 2 fully saturated rings. The lowest BCUT2D eigenvalue weighted by Crippen LogP contribution is -2.59. The van der Waals surface area contributed by atoms with Crippen LogP contribution in [0.4, 0.5) is 0 Å². The van der Waals surface area contributed by atoms with Crippen LogP contribution in [0.2, 0.25) is 0 Å². The monoisotopic (exact) mass is 594 g/mol. The topological polar surface area (TPSA) is 183 Å². The van der Waals surface area contributed by atoms with Gasteiger partial charge in [-0.25, -0.2) is 20.2 Å². The summed E-state index contributed by atoms with van der Waals surface area (Å²) >= 11 is 0. The maximum absolute atomic E-state index is 14.0. The second kappa shape index (κ2) is 13.5. The molecule has 0 saturated heterocycles. The smallest absolute Gasteiger partial charge is 0.323 e. The van der Waals surface area contributed by atoms with Crippen molar-refractivity contribution in [1.29, 1.82) is 0 Å². The molecule has 0 spiro atoms. The number of hydrogen-bond acceptors (Lipinski definition) is 11. The number of rotatable bonds is 16. The number of fused-ring (bicyclic) bond motifs is 1. The molecule has 14 nitrogen and oxygen atoms in total. The molecular weight excluding hydrogens is 551 g/mol. The highest BCUT2D eigenvalue weighted by Crippen LogP contribution is 2.38. The van der Waals surface area contributed by atoms with E-state index in [1.54, 1.807) is 37.7 Å². The maximum Gasteiger partial charge on any atom is 0.323 e. The molecule has 2 saturated carbocycles. The van der Waals surface area contributed by atoms with Crippen molar-refractivity contribution >= 4 is 25.2 Å². The minimum atomic E-state index is -3.61. The van der Waals surface area contributed by atoms with Crippen LogP contribution in [-0.2, 0) is 34.9 Å². The van der Waals surface area contributed by atoms with Crippen LogP contribution in [0.15, 0.2) is 24.0 Å². The summed E-state index contributed by atoms with van der Waals surface area (Å²) in [6.07, 6.45) is 8.22. The molecule has 0 aromatic carbocycles. The van der Waals surface area contributed by atoms with E-state index in [2.05, 4.69) is 37.4 Å². The number of nitrogens with one attached hydrogen (secondary N) is 4. The Balaban J connectivity index is 1.40. The fourth-order valence-electron chi connectivity index (χ4n) is 4.40. The van der Waals surface area contributed by atoms with Crippen LogP contribution < -0.4 is 37.4 Å². The van der Waals surface area contributed by atoms with Gasteiger partial charge in [0.25, 0.3) is 0 Å². The van der Waals surface area contributed by atoms with Gasteiger partial charge in [-0.3, -0.25) is 19.9 Å². The van der Waals surface area contributed by atoms with Crippen molar-refractivity contribution in [2.24, 2.45) is 10.7 Å². The first-order valence-corrected chi connectivity index (χ1v) is 16.1. The molecule has 3 aliphatic rings. The first-order valence-electron chi connectivity index (χ1n) is 14.2. The molecule has 6 N–H and O–H groups in total. The van der Waals surface area contributed by atoms with E-state index in [0.717, 1.165) is 38.5 Å². The Morgan fingerprint density at radius 2 is 1.78 bits per heavy atom. The molecule has 3 atom stereocenters. The lowest BCUT2D eigenvalue weighted by molar-refractivity contribution is -0.155. The first-order chi connectivity index (χ1) is 19.5. The van der Waals surface area contributed by atoms with Crippen molar-refractivity contribution in [2.45, 2.75) is 95.9 Å². The zero-order valence-electron chi connectivity index (χ0n) is 24.1. The Bertz CT molecular complexity index is 1240. The van der Waals surface area contributed by atoms with Gasteiger partial charge in [-0.15, -0.1) is 6.58 Å². The van der Waals surface area contributed by atoms with Crippen LogP contribution in [0.5, 0.6) is 0 Å². The van der Waals surface area contributed by atoms with Crippen LogP contribution >= 0.6 is 7.44 Å². The Morgan fingerprint density at radius 1 is 1.20 bits per heavy atom. The third kappa shape index (κ3) is 8.39. The Kier molecular flexibility index (Phi) is 10.2. The average molecular weight is 595 g/mol. The summed E-state index contributed by atoms with van der Waals surface area (Å²) < 4.78 is 32.5. The van der Waals surface area contributed by atoms with E-state index in [1.165, 1.54) is 0 Å². The van der Waals surface area contributed by atoms with E-state index in [4.69, 9.17) is 19.9 Å². The highest BCUT2D eigenvalue weighted by Gasteiger charge is 2.34. The molecule has 0 radical (unpaired) electrons. The number of imidazole rings is 1. The highest BCUT2D eigenvalue weighted by molar-refractivity contribution is 7.59. The summed E-state index contributed by atoms with van der Waals surface area (Å²) in [7, 11) is -3.61. The Labute approximate surface area is 240 Å². The number of carbonyl (C=O) groups excluding carboxylic acids is 2. The molecule has 2 heterocycles. The normalized spacial score (nSPS) is 23.4. The van der Waals surface area contributed by atoms with Gasteiger partial charge in [0.1, 0.15) is 41.8 Å². The van der Waals surface area contributed by atoms with Crippen molar-refractivity contribution in [3.8, 4) is 0 Å². The fraction of sp³-hybridized carbons (Fsp3) is 0.692. The minimum Gasteiger partial charge on any atom is -0.461 e. The lowest BCUT2D eigenvalue weighted by atomic mass is 9.96. The lowest BCUT2D eigenvalue weighted by Gasteiger charge is -2.30. The van der Waals surface area contributed by atoms with Gasteiger partial charge in [-0.2, -0.15) is 0 Å². The summed E-state index contributed by atoms with van der Waals surface area (Å²) in [6.45, 7) is 9.63. The number of esters is 2. The average Bonchev–Trinajstić information content (AvgIpc) is 3.25. The number of nitrogens with two attached hydrogens (primary N) is 1. The summed E-state index contributed by atoms with van der Waals surface area (Å²) in [5.74, 6) is -1.40. The summed E-state index contributed by atoms with van der Waals surface area (Å²) in [5, 5.41) is 12.6. The minimum absolute atomic E-state index is 0.103. The SMILES string of the molecule is C=CCNC1=c2ncn(CCOCP(=O)(NC(C)C(=O)OC3CCC3)NC(C)C(=O)OC3CCC3)c2=NC(C)(N)N1. The van der Waals surface area contributed by atoms with Gasteiger partial charge >= 0.3 is 11.9 Å². The van der Waals surface area contributed by atoms with Crippen molar-refractivity contribution in [2.75, 3.05) is 19.5 Å². The van der Waals surface area contributed by atoms with Crippen LogP contribution in [0.3, 0.4) is 0 Å². The van der Waals surface area contributed by atoms with E-state index in [-0.39, 0.29) is 25.2 Å². The molecule has 2 aliphatic carbocycles. The highest BCUT2D eigenvalue weighted by atomic mass is 31.2. The second-order valence-corrected chi connectivity index (χ2v) is 13.3. The van der Waals surface area contributed by atoms with E-state index in [1.807, 2.05) is 0 Å². The van der Waals surface area contributed by atoms with Gasteiger partial charge in [0, 0.05) is 13.1 Å². The van der Waals surface area contributed by atoms with E-state index in [9.17, 15) is 14.2 Å². The van der Waals surface area contributed by atoms with E-state index >= 15 is 0 Å². The molecule has 1 aromatic heterocycles. The van der Waals surface area contributed by atoms with Crippen molar-refractivity contribution in [1.82, 2.24) is 30.4 Å². The molecule has 3 unspecified atom stereocenters. The molecule has 228 valence electrons. The molecule has 4 rings (SSSR count). The molecule has 0 amide bonds. The van der Waals surface area contributed by atoms with Crippen LogP contribution in [0.25, 0.3) is 5.82 Å².